The summed E-state index contributed by atoms with van der Waals surface area (Å²) in [7, 11) is 1.25. The van der Waals surface area contributed by atoms with Gasteiger partial charge in [0.1, 0.15) is 12.6 Å². The lowest BCUT2D eigenvalue weighted by atomic mass is 10.2. The van der Waals surface area contributed by atoms with Crippen molar-refractivity contribution in [2.24, 2.45) is 0 Å². The van der Waals surface area contributed by atoms with E-state index in [-0.39, 0.29) is 23.7 Å². The van der Waals surface area contributed by atoms with Crippen molar-refractivity contribution >= 4 is 29.5 Å². The fourth-order valence-corrected chi connectivity index (χ4v) is 3.04. The molecule has 0 bridgehead atoms. The molecule has 2 aliphatic rings. The summed E-state index contributed by atoms with van der Waals surface area (Å²) in [6.45, 7) is 0.165. The predicted octanol–water partition coefficient (Wildman–Crippen LogP) is 0.838. The molecule has 1 N–H and O–H groups in total. The van der Waals surface area contributed by atoms with Gasteiger partial charge in [0.2, 0.25) is 5.91 Å². The maximum absolute atomic E-state index is 12.2. The van der Waals surface area contributed by atoms with Crippen LogP contribution in [0.3, 0.4) is 0 Å². The lowest BCUT2D eigenvalue weighted by Crippen LogP contribution is -2.39. The van der Waals surface area contributed by atoms with Gasteiger partial charge in [-0.3, -0.25) is 14.5 Å². The minimum atomic E-state index is -0.583. The number of anilines is 1. The first-order chi connectivity index (χ1) is 11.5. The first-order valence-corrected chi connectivity index (χ1v) is 7.62. The number of ether oxygens (including phenoxy) is 1. The quantitative estimate of drug-likeness (QED) is 0.651. The van der Waals surface area contributed by atoms with E-state index < -0.39 is 23.9 Å². The van der Waals surface area contributed by atoms with Crippen molar-refractivity contribution in [2.75, 3.05) is 25.5 Å². The van der Waals surface area contributed by atoms with Gasteiger partial charge in [-0.1, -0.05) is 12.1 Å². The first-order valence-electron chi connectivity index (χ1n) is 7.62. The number of rotatable bonds is 4. The zero-order valence-corrected chi connectivity index (χ0v) is 13.2. The summed E-state index contributed by atoms with van der Waals surface area (Å²) in [5.41, 5.74) is 0.474. The number of esters is 1. The van der Waals surface area contributed by atoms with Crippen molar-refractivity contribution in [3.05, 3.63) is 29.8 Å². The van der Waals surface area contributed by atoms with E-state index >= 15 is 0 Å². The lowest BCUT2D eigenvalue weighted by molar-refractivity contribution is -0.131. The SMILES string of the molecule is COC(=O)c1ccccc1NC(=O)CN1C(=O)C2CCCN2C1=O. The van der Waals surface area contributed by atoms with Gasteiger partial charge in [-0.15, -0.1) is 0 Å². The Bertz CT molecular complexity index is 695. The molecule has 1 unspecified atom stereocenters. The summed E-state index contributed by atoms with van der Waals surface area (Å²) in [5.74, 6) is -1.47. The van der Waals surface area contributed by atoms with Gasteiger partial charge in [0, 0.05) is 6.54 Å². The minimum Gasteiger partial charge on any atom is -0.465 e. The molecule has 0 saturated carbocycles. The van der Waals surface area contributed by atoms with Gasteiger partial charge >= 0.3 is 12.0 Å². The molecule has 0 spiro atoms. The summed E-state index contributed by atoms with van der Waals surface area (Å²) in [4.78, 5) is 50.8. The van der Waals surface area contributed by atoms with E-state index in [2.05, 4.69) is 10.1 Å². The van der Waals surface area contributed by atoms with Crippen LogP contribution < -0.4 is 5.32 Å². The summed E-state index contributed by atoms with van der Waals surface area (Å²) < 4.78 is 4.66. The molecule has 4 amide bonds. The Morgan fingerprint density at radius 2 is 2.04 bits per heavy atom. The van der Waals surface area contributed by atoms with E-state index in [4.69, 9.17) is 0 Å². The van der Waals surface area contributed by atoms with Gasteiger partial charge in [-0.05, 0) is 25.0 Å². The normalized spacial score (nSPS) is 19.5. The van der Waals surface area contributed by atoms with Crippen molar-refractivity contribution in [3.8, 4) is 0 Å². The number of para-hydroxylation sites is 1. The molecule has 1 aromatic rings. The monoisotopic (exact) mass is 331 g/mol. The molecule has 1 aromatic carbocycles. The van der Waals surface area contributed by atoms with E-state index in [0.717, 1.165) is 11.3 Å². The van der Waals surface area contributed by atoms with Gasteiger partial charge in [-0.2, -0.15) is 0 Å². The summed E-state index contributed by atoms with van der Waals surface area (Å²) >= 11 is 0. The van der Waals surface area contributed by atoms with Gasteiger partial charge in [0.25, 0.3) is 5.91 Å². The third kappa shape index (κ3) is 2.70. The van der Waals surface area contributed by atoms with Crippen LogP contribution in [0.5, 0.6) is 0 Å². The van der Waals surface area contributed by atoms with Crippen molar-refractivity contribution < 1.29 is 23.9 Å². The molecule has 0 radical (unpaired) electrons. The van der Waals surface area contributed by atoms with Crippen LogP contribution >= 0.6 is 0 Å². The molecule has 2 aliphatic heterocycles. The van der Waals surface area contributed by atoms with Gasteiger partial charge in [0.05, 0.1) is 18.4 Å². The molecule has 2 heterocycles. The fraction of sp³-hybridized carbons (Fsp3) is 0.375. The summed E-state index contributed by atoms with van der Waals surface area (Å²) in [5, 5.41) is 2.56. The summed E-state index contributed by atoms with van der Waals surface area (Å²) in [6, 6.07) is 5.50. The average molecular weight is 331 g/mol. The first kappa shape index (κ1) is 16.0. The number of fused-ring (bicyclic) bond motifs is 1. The van der Waals surface area contributed by atoms with Crippen LogP contribution in [-0.2, 0) is 14.3 Å². The average Bonchev–Trinajstić information content (AvgIpc) is 3.14. The largest absolute Gasteiger partial charge is 0.465 e. The number of hydrogen-bond acceptors (Lipinski definition) is 5. The zero-order valence-electron chi connectivity index (χ0n) is 13.2. The number of methoxy groups -OCH3 is 1. The van der Waals surface area contributed by atoms with Crippen molar-refractivity contribution in [1.29, 1.82) is 0 Å². The van der Waals surface area contributed by atoms with Crippen LogP contribution in [0.15, 0.2) is 24.3 Å². The Morgan fingerprint density at radius 1 is 1.29 bits per heavy atom. The topological polar surface area (TPSA) is 96.0 Å². The second kappa shape index (κ2) is 6.31. The Hall–Kier alpha value is -2.90. The molecular formula is C16H17N3O5. The van der Waals surface area contributed by atoms with Crippen LogP contribution in [0, 0.1) is 0 Å². The molecule has 8 heteroatoms. The Labute approximate surface area is 138 Å². The molecule has 0 aromatic heterocycles. The number of hydrogen-bond donors (Lipinski definition) is 1. The Balaban J connectivity index is 1.70. The smallest absolute Gasteiger partial charge is 0.339 e. The minimum absolute atomic E-state index is 0.202. The van der Waals surface area contributed by atoms with E-state index in [9.17, 15) is 19.2 Å². The Morgan fingerprint density at radius 3 is 2.75 bits per heavy atom. The van der Waals surface area contributed by atoms with Crippen LogP contribution in [-0.4, -0.2) is 59.9 Å². The number of nitrogens with one attached hydrogen (secondary N) is 1. The van der Waals surface area contributed by atoms with Crippen LogP contribution in [0.2, 0.25) is 0 Å². The number of carbonyl (C=O) groups excluding carboxylic acids is 4. The highest BCUT2D eigenvalue weighted by molar-refractivity contribution is 6.09. The van der Waals surface area contributed by atoms with E-state index in [1.54, 1.807) is 18.2 Å². The molecular weight excluding hydrogens is 314 g/mol. The molecule has 126 valence electrons. The predicted molar refractivity (Wildman–Crippen MR) is 83.2 cm³/mol. The highest BCUT2D eigenvalue weighted by Gasteiger charge is 2.47. The second-order valence-corrected chi connectivity index (χ2v) is 5.64. The molecule has 8 nitrogen and oxygen atoms in total. The number of benzene rings is 1. The van der Waals surface area contributed by atoms with Crippen LogP contribution in [0.25, 0.3) is 0 Å². The Kier molecular flexibility index (Phi) is 4.20. The number of carbonyl (C=O) groups is 4. The van der Waals surface area contributed by atoms with E-state index in [1.807, 2.05) is 0 Å². The lowest BCUT2D eigenvalue weighted by Gasteiger charge is -2.16. The number of amides is 4. The molecule has 0 aliphatic carbocycles. The van der Waals surface area contributed by atoms with Gasteiger partial charge in [-0.25, -0.2) is 9.59 Å². The fourth-order valence-electron chi connectivity index (χ4n) is 3.04. The molecule has 2 saturated heterocycles. The maximum atomic E-state index is 12.2. The maximum Gasteiger partial charge on any atom is 0.339 e. The zero-order chi connectivity index (χ0) is 17.3. The molecule has 3 rings (SSSR count). The third-order valence-electron chi connectivity index (χ3n) is 4.19. The highest BCUT2D eigenvalue weighted by atomic mass is 16.5. The standard InChI is InChI=1S/C16H17N3O5/c1-24-15(22)10-5-2-3-6-11(10)17-13(20)9-19-14(21)12-7-4-8-18(12)16(19)23/h2-3,5-6,12H,4,7-9H2,1H3,(H,17,20). The third-order valence-corrected chi connectivity index (χ3v) is 4.19. The molecule has 24 heavy (non-hydrogen) atoms. The van der Waals surface area contributed by atoms with Gasteiger partial charge < -0.3 is 15.0 Å². The van der Waals surface area contributed by atoms with E-state index in [1.165, 1.54) is 18.1 Å². The van der Waals surface area contributed by atoms with Crippen molar-refractivity contribution in [1.82, 2.24) is 9.80 Å². The second-order valence-electron chi connectivity index (χ2n) is 5.64. The number of urea groups is 1. The number of imide groups is 1. The molecule has 2 fully saturated rings. The van der Waals surface area contributed by atoms with Crippen molar-refractivity contribution in [2.45, 2.75) is 18.9 Å². The van der Waals surface area contributed by atoms with Crippen LogP contribution in [0.4, 0.5) is 10.5 Å². The van der Waals surface area contributed by atoms with E-state index in [0.29, 0.717) is 13.0 Å². The molecule has 1 atom stereocenters. The van der Waals surface area contributed by atoms with Gasteiger partial charge in [0.15, 0.2) is 0 Å². The summed E-state index contributed by atoms with van der Waals surface area (Å²) in [6.07, 6.45) is 1.43. The van der Waals surface area contributed by atoms with Crippen molar-refractivity contribution in [3.63, 3.8) is 0 Å². The van der Waals surface area contributed by atoms with Crippen LogP contribution in [0.1, 0.15) is 23.2 Å². The highest BCUT2D eigenvalue weighted by Crippen LogP contribution is 2.27. The number of nitrogens with zero attached hydrogens (tertiary/aromatic N) is 2.